The zero-order valence-corrected chi connectivity index (χ0v) is 31.8. The average Bonchev–Trinajstić information content (AvgIpc) is 3.71. The summed E-state index contributed by atoms with van der Waals surface area (Å²) >= 11 is 0. The number of rotatable bonds is 5. The van der Waals surface area contributed by atoms with Crippen LogP contribution in [0.1, 0.15) is 0 Å². The van der Waals surface area contributed by atoms with Gasteiger partial charge in [0.2, 0.25) is 0 Å². The predicted molar refractivity (Wildman–Crippen MR) is 244 cm³/mol. The molecule has 0 N–H and O–H groups in total. The maximum absolute atomic E-state index is 6.75. The Hall–Kier alpha value is -7.95. The molecule has 0 saturated heterocycles. The van der Waals surface area contributed by atoms with Crippen molar-refractivity contribution >= 4 is 65.0 Å². The molecular weight excluding hydrogens is 719 g/mol. The Morgan fingerprint density at radius 2 is 0.763 bits per heavy atom. The third-order valence-corrected chi connectivity index (χ3v) is 11.7. The number of benzene rings is 10. The Labute approximate surface area is 339 Å². The van der Waals surface area contributed by atoms with Gasteiger partial charge in [0, 0.05) is 32.8 Å². The van der Waals surface area contributed by atoms with Gasteiger partial charge in [-0.3, -0.25) is 0 Å². The van der Waals surface area contributed by atoms with Crippen LogP contribution in [0.15, 0.2) is 205 Å². The average molecular weight is 752 g/mol. The van der Waals surface area contributed by atoms with E-state index in [0.717, 1.165) is 60.5 Å². The zero-order valence-electron chi connectivity index (χ0n) is 31.8. The highest BCUT2D eigenvalue weighted by atomic mass is 16.3. The van der Waals surface area contributed by atoms with Gasteiger partial charge in [-0.2, -0.15) is 0 Å². The zero-order chi connectivity index (χ0) is 38.9. The molecule has 59 heavy (non-hydrogen) atoms. The lowest BCUT2D eigenvalue weighted by Crippen LogP contribution is -2.00. The third kappa shape index (κ3) is 5.42. The van der Waals surface area contributed by atoms with Gasteiger partial charge in [-0.15, -0.1) is 0 Å². The Bertz CT molecular complexity index is 3500. The van der Waals surface area contributed by atoms with Crippen molar-refractivity contribution in [3.05, 3.63) is 200 Å². The molecule has 0 aliphatic rings. The maximum atomic E-state index is 6.75. The molecule has 0 aliphatic carbocycles. The van der Waals surface area contributed by atoms with Gasteiger partial charge in [0.25, 0.3) is 0 Å². The molecule has 0 saturated carbocycles. The van der Waals surface area contributed by atoms with Crippen LogP contribution in [-0.2, 0) is 0 Å². The van der Waals surface area contributed by atoms with Crippen LogP contribution in [0.5, 0.6) is 0 Å². The molecule has 12 aromatic rings. The summed E-state index contributed by atoms with van der Waals surface area (Å²) in [5.74, 6) is 1.85. The van der Waals surface area contributed by atoms with Gasteiger partial charge in [-0.05, 0) is 78.2 Å². The van der Waals surface area contributed by atoms with Crippen LogP contribution < -0.4 is 0 Å². The molecule has 4 heteroatoms. The number of furan rings is 1. The van der Waals surface area contributed by atoms with E-state index in [1.165, 1.54) is 43.4 Å². The summed E-state index contributed by atoms with van der Waals surface area (Å²) in [5.41, 5.74) is 9.03. The van der Waals surface area contributed by atoms with Crippen LogP contribution in [0.2, 0.25) is 0 Å². The molecule has 274 valence electrons. The lowest BCUT2D eigenvalue weighted by atomic mass is 9.91. The van der Waals surface area contributed by atoms with Crippen molar-refractivity contribution in [2.24, 2.45) is 0 Å². The van der Waals surface area contributed by atoms with E-state index in [2.05, 4.69) is 127 Å². The predicted octanol–water partition coefficient (Wildman–Crippen LogP) is 14.7. The van der Waals surface area contributed by atoms with Crippen molar-refractivity contribution in [2.75, 3.05) is 0 Å². The van der Waals surface area contributed by atoms with Crippen molar-refractivity contribution < 1.29 is 4.42 Å². The van der Waals surface area contributed by atoms with Crippen molar-refractivity contribution in [1.29, 1.82) is 0 Å². The van der Waals surface area contributed by atoms with Crippen molar-refractivity contribution in [1.82, 2.24) is 15.0 Å². The fourth-order valence-electron chi connectivity index (χ4n) is 8.93. The summed E-state index contributed by atoms with van der Waals surface area (Å²) in [5, 5.41) is 11.9. The smallest absolute Gasteiger partial charge is 0.164 e. The monoisotopic (exact) mass is 751 g/mol. The quantitative estimate of drug-likeness (QED) is 0.164. The second-order valence-corrected chi connectivity index (χ2v) is 15.1. The van der Waals surface area contributed by atoms with Gasteiger partial charge >= 0.3 is 0 Å². The van der Waals surface area contributed by atoms with E-state index < -0.39 is 0 Å². The van der Waals surface area contributed by atoms with E-state index >= 15 is 0 Å². The molecule has 0 unspecified atom stereocenters. The minimum Gasteiger partial charge on any atom is -0.455 e. The van der Waals surface area contributed by atoms with Gasteiger partial charge in [0.15, 0.2) is 17.5 Å². The van der Waals surface area contributed by atoms with Gasteiger partial charge in [-0.25, -0.2) is 15.0 Å². The van der Waals surface area contributed by atoms with Gasteiger partial charge < -0.3 is 4.42 Å². The Kier molecular flexibility index (Phi) is 7.50. The molecule has 12 rings (SSSR count). The number of hydrogen-bond acceptors (Lipinski definition) is 4. The molecule has 4 nitrogen and oxygen atoms in total. The van der Waals surface area contributed by atoms with E-state index in [1.807, 2.05) is 72.8 Å². The first-order valence-corrected chi connectivity index (χ1v) is 19.9. The largest absolute Gasteiger partial charge is 0.455 e. The van der Waals surface area contributed by atoms with Crippen molar-refractivity contribution in [3.8, 4) is 56.4 Å². The molecule has 0 amide bonds. The van der Waals surface area contributed by atoms with Crippen LogP contribution in [0.4, 0.5) is 0 Å². The third-order valence-electron chi connectivity index (χ3n) is 11.7. The number of aromatic nitrogens is 3. The molecular formula is C55H33N3O. The SMILES string of the molecule is c1ccc(-c2nc(-c3ccccc3)nc(-c3cccc4oc5c6ccccc6c(-c6ccc(-c7ccc8c9ccccc9c9ccccc9c8c7)cc6)cc5c34)n2)cc1. The second kappa shape index (κ2) is 13.3. The first-order chi connectivity index (χ1) is 29.2. The molecule has 0 aliphatic heterocycles. The maximum Gasteiger partial charge on any atom is 0.164 e. The minimum absolute atomic E-state index is 0.598. The molecule has 2 heterocycles. The highest BCUT2D eigenvalue weighted by molar-refractivity contribution is 6.26. The van der Waals surface area contributed by atoms with Gasteiger partial charge in [0.1, 0.15) is 11.2 Å². The van der Waals surface area contributed by atoms with Crippen molar-refractivity contribution in [2.45, 2.75) is 0 Å². The molecule has 10 aromatic carbocycles. The summed E-state index contributed by atoms with van der Waals surface area (Å²) in [6.45, 7) is 0. The Balaban J connectivity index is 1.02. The van der Waals surface area contributed by atoms with Gasteiger partial charge in [-0.1, -0.05) is 182 Å². The van der Waals surface area contributed by atoms with E-state index in [-0.39, 0.29) is 0 Å². The summed E-state index contributed by atoms with van der Waals surface area (Å²) in [6, 6.07) is 70.5. The number of fused-ring (bicyclic) bond motifs is 11. The first kappa shape index (κ1) is 33.2. The van der Waals surface area contributed by atoms with E-state index in [9.17, 15) is 0 Å². The molecule has 2 aromatic heterocycles. The fraction of sp³-hybridized carbons (Fsp3) is 0. The van der Waals surface area contributed by atoms with E-state index in [1.54, 1.807) is 0 Å². The molecule has 0 spiro atoms. The summed E-state index contributed by atoms with van der Waals surface area (Å²) in [4.78, 5) is 15.2. The van der Waals surface area contributed by atoms with Crippen LogP contribution in [-0.4, -0.2) is 15.0 Å². The lowest BCUT2D eigenvalue weighted by Gasteiger charge is -2.13. The highest BCUT2D eigenvalue weighted by Crippen LogP contribution is 2.44. The Morgan fingerprint density at radius 1 is 0.271 bits per heavy atom. The lowest BCUT2D eigenvalue weighted by molar-refractivity contribution is 0.673. The van der Waals surface area contributed by atoms with Crippen LogP contribution in [0, 0.1) is 0 Å². The molecule has 0 bridgehead atoms. The van der Waals surface area contributed by atoms with Gasteiger partial charge in [0.05, 0.1) is 0 Å². The molecule has 0 atom stereocenters. The number of hydrogen-bond donors (Lipinski definition) is 0. The van der Waals surface area contributed by atoms with E-state index in [4.69, 9.17) is 19.4 Å². The topological polar surface area (TPSA) is 51.8 Å². The minimum atomic E-state index is 0.598. The second-order valence-electron chi connectivity index (χ2n) is 15.1. The summed E-state index contributed by atoms with van der Waals surface area (Å²) in [6.07, 6.45) is 0. The molecule has 0 fully saturated rings. The van der Waals surface area contributed by atoms with Crippen LogP contribution >= 0.6 is 0 Å². The summed E-state index contributed by atoms with van der Waals surface area (Å²) in [7, 11) is 0. The summed E-state index contributed by atoms with van der Waals surface area (Å²) < 4.78 is 6.75. The fourth-order valence-corrected chi connectivity index (χ4v) is 8.93. The highest BCUT2D eigenvalue weighted by Gasteiger charge is 2.21. The van der Waals surface area contributed by atoms with Crippen LogP contribution in [0.3, 0.4) is 0 Å². The van der Waals surface area contributed by atoms with E-state index in [0.29, 0.717) is 17.5 Å². The van der Waals surface area contributed by atoms with Crippen LogP contribution in [0.25, 0.3) is 121 Å². The normalized spacial score (nSPS) is 11.7. The first-order valence-electron chi connectivity index (χ1n) is 19.9. The number of nitrogens with zero attached hydrogens (tertiary/aromatic N) is 3. The standard InChI is InChI=1S/C55H33N3O/c1-3-14-36(15-4-1)53-56-54(37-16-5-2-6-17-37)58-55(57-53)46-24-13-25-50-51(46)49-33-47(43-22-11-12-23-45(43)52(49)59-50)35-28-26-34(27-29-35)38-30-31-44-41-20-8-7-18-39(41)40-19-9-10-21-42(40)48(44)32-38/h1-33H. The Morgan fingerprint density at radius 3 is 1.39 bits per heavy atom. The molecule has 0 radical (unpaired) electrons. The van der Waals surface area contributed by atoms with Crippen molar-refractivity contribution in [3.63, 3.8) is 0 Å².